The summed E-state index contributed by atoms with van der Waals surface area (Å²) in [6, 6.07) is 6.00. The molecule has 5 nitrogen and oxygen atoms in total. The van der Waals surface area contributed by atoms with E-state index in [1.165, 1.54) is 0 Å². The molecule has 1 atom stereocenters. The minimum absolute atomic E-state index is 0.189. The molecule has 104 valence electrons. The fourth-order valence-corrected chi connectivity index (χ4v) is 2.75. The third-order valence-corrected chi connectivity index (χ3v) is 3.81. The second-order valence-corrected chi connectivity index (χ2v) is 5.51. The topological polar surface area (TPSA) is 63.5 Å². The SMILES string of the molecule is CC(C)c1cccc2c(C3CCC(=O)NC3=O)cnn12. The zero-order valence-electron chi connectivity index (χ0n) is 11.6. The number of carbonyl (C=O) groups is 2. The average molecular weight is 271 g/mol. The van der Waals surface area contributed by atoms with Crippen molar-refractivity contribution in [3.63, 3.8) is 0 Å². The van der Waals surface area contributed by atoms with Crippen LogP contribution in [0.5, 0.6) is 0 Å². The number of rotatable bonds is 2. The van der Waals surface area contributed by atoms with E-state index in [-0.39, 0.29) is 17.7 Å². The van der Waals surface area contributed by atoms with E-state index in [0.29, 0.717) is 18.8 Å². The first-order valence-electron chi connectivity index (χ1n) is 6.88. The van der Waals surface area contributed by atoms with Crippen LogP contribution < -0.4 is 5.32 Å². The maximum atomic E-state index is 12.0. The molecule has 3 heterocycles. The van der Waals surface area contributed by atoms with Gasteiger partial charge in [0.25, 0.3) is 0 Å². The molecule has 2 aromatic heterocycles. The minimum Gasteiger partial charge on any atom is -0.296 e. The number of piperidine rings is 1. The molecule has 2 aromatic rings. The molecule has 1 aliphatic rings. The van der Waals surface area contributed by atoms with E-state index >= 15 is 0 Å². The first kappa shape index (κ1) is 12.8. The van der Waals surface area contributed by atoms with Crippen LogP contribution in [-0.2, 0) is 9.59 Å². The predicted octanol–water partition coefficient (Wildman–Crippen LogP) is 1.98. The number of hydrogen-bond acceptors (Lipinski definition) is 3. The van der Waals surface area contributed by atoms with Gasteiger partial charge in [-0.15, -0.1) is 0 Å². The second-order valence-electron chi connectivity index (χ2n) is 5.51. The van der Waals surface area contributed by atoms with Gasteiger partial charge in [0.2, 0.25) is 11.8 Å². The maximum absolute atomic E-state index is 12.0. The Morgan fingerprint density at radius 1 is 1.35 bits per heavy atom. The van der Waals surface area contributed by atoms with E-state index in [4.69, 9.17) is 0 Å². The van der Waals surface area contributed by atoms with Crippen LogP contribution >= 0.6 is 0 Å². The molecule has 2 amide bonds. The standard InChI is InChI=1S/C15H17N3O2/c1-9(2)12-4-3-5-13-11(8-16-18(12)13)10-6-7-14(19)17-15(10)20/h3-5,8-10H,6-7H2,1-2H3,(H,17,19,20). The van der Waals surface area contributed by atoms with Gasteiger partial charge in [-0.2, -0.15) is 5.10 Å². The number of amides is 2. The van der Waals surface area contributed by atoms with Gasteiger partial charge in [0, 0.05) is 17.7 Å². The Morgan fingerprint density at radius 3 is 2.85 bits per heavy atom. The number of nitrogens with zero attached hydrogens (tertiary/aromatic N) is 2. The minimum atomic E-state index is -0.285. The predicted molar refractivity (Wildman–Crippen MR) is 74.4 cm³/mol. The summed E-state index contributed by atoms with van der Waals surface area (Å²) < 4.78 is 1.89. The van der Waals surface area contributed by atoms with Crippen LogP contribution in [0.25, 0.3) is 5.52 Å². The highest BCUT2D eigenvalue weighted by Crippen LogP contribution is 2.29. The van der Waals surface area contributed by atoms with Crippen molar-refractivity contribution in [3.8, 4) is 0 Å². The van der Waals surface area contributed by atoms with E-state index in [0.717, 1.165) is 16.8 Å². The first-order valence-corrected chi connectivity index (χ1v) is 6.88. The Hall–Kier alpha value is -2.17. The smallest absolute Gasteiger partial charge is 0.234 e. The Balaban J connectivity index is 2.07. The quantitative estimate of drug-likeness (QED) is 0.849. The van der Waals surface area contributed by atoms with Gasteiger partial charge in [0.05, 0.1) is 17.6 Å². The number of aromatic nitrogens is 2. The molecule has 1 aliphatic heterocycles. The maximum Gasteiger partial charge on any atom is 0.234 e. The molecular weight excluding hydrogens is 254 g/mol. The van der Waals surface area contributed by atoms with Crippen molar-refractivity contribution in [2.24, 2.45) is 0 Å². The van der Waals surface area contributed by atoms with Crippen LogP contribution in [0.2, 0.25) is 0 Å². The van der Waals surface area contributed by atoms with Crippen molar-refractivity contribution in [1.29, 1.82) is 0 Å². The van der Waals surface area contributed by atoms with Gasteiger partial charge in [-0.05, 0) is 24.5 Å². The van der Waals surface area contributed by atoms with Gasteiger partial charge >= 0.3 is 0 Å². The van der Waals surface area contributed by atoms with Crippen LogP contribution in [0.3, 0.4) is 0 Å². The molecule has 0 saturated carbocycles. The molecule has 5 heteroatoms. The number of imide groups is 1. The van der Waals surface area contributed by atoms with E-state index in [1.54, 1.807) is 6.20 Å². The zero-order chi connectivity index (χ0) is 14.3. The number of pyridine rings is 1. The van der Waals surface area contributed by atoms with Gasteiger partial charge in [-0.1, -0.05) is 19.9 Å². The lowest BCUT2D eigenvalue weighted by molar-refractivity contribution is -0.134. The van der Waals surface area contributed by atoms with Gasteiger partial charge in [-0.25, -0.2) is 4.52 Å². The van der Waals surface area contributed by atoms with Gasteiger partial charge in [-0.3, -0.25) is 14.9 Å². The van der Waals surface area contributed by atoms with Gasteiger partial charge in [0.15, 0.2) is 0 Å². The molecule has 1 saturated heterocycles. The van der Waals surface area contributed by atoms with Crippen molar-refractivity contribution >= 4 is 17.3 Å². The van der Waals surface area contributed by atoms with E-state index in [2.05, 4.69) is 24.3 Å². The van der Waals surface area contributed by atoms with E-state index in [1.807, 2.05) is 22.7 Å². The molecule has 1 unspecified atom stereocenters. The van der Waals surface area contributed by atoms with Gasteiger partial charge in [0.1, 0.15) is 0 Å². The summed E-state index contributed by atoms with van der Waals surface area (Å²) >= 11 is 0. The third-order valence-electron chi connectivity index (χ3n) is 3.81. The van der Waals surface area contributed by atoms with Crippen LogP contribution in [0.4, 0.5) is 0 Å². The summed E-state index contributed by atoms with van der Waals surface area (Å²) in [5, 5.41) is 6.83. The van der Waals surface area contributed by atoms with E-state index in [9.17, 15) is 9.59 Å². The summed E-state index contributed by atoms with van der Waals surface area (Å²) in [4.78, 5) is 23.2. The third kappa shape index (κ3) is 1.99. The molecule has 3 rings (SSSR count). The van der Waals surface area contributed by atoms with Gasteiger partial charge < -0.3 is 0 Å². The Morgan fingerprint density at radius 2 is 2.15 bits per heavy atom. The summed E-state index contributed by atoms with van der Waals surface area (Å²) in [5.41, 5.74) is 2.96. The first-order chi connectivity index (χ1) is 9.58. The Labute approximate surface area is 117 Å². The molecule has 0 spiro atoms. The molecule has 1 fully saturated rings. The van der Waals surface area contributed by atoms with Crippen molar-refractivity contribution in [3.05, 3.63) is 35.7 Å². The highest BCUT2D eigenvalue weighted by Gasteiger charge is 2.30. The molecule has 0 aliphatic carbocycles. The Bertz CT molecular complexity index is 687. The fraction of sp³-hybridized carbons (Fsp3) is 0.400. The average Bonchev–Trinajstić information content (AvgIpc) is 2.82. The van der Waals surface area contributed by atoms with Crippen LogP contribution in [0.15, 0.2) is 24.4 Å². The van der Waals surface area contributed by atoms with Crippen LogP contribution in [0, 0.1) is 0 Å². The fourth-order valence-electron chi connectivity index (χ4n) is 2.75. The largest absolute Gasteiger partial charge is 0.296 e. The Kier molecular flexibility index (Phi) is 3.04. The lowest BCUT2D eigenvalue weighted by Crippen LogP contribution is -2.39. The molecular formula is C15H17N3O2. The number of hydrogen-bond donors (Lipinski definition) is 1. The highest BCUT2D eigenvalue weighted by molar-refractivity contribution is 6.01. The summed E-state index contributed by atoms with van der Waals surface area (Å²) in [7, 11) is 0. The zero-order valence-corrected chi connectivity index (χ0v) is 11.6. The lowest BCUT2D eigenvalue weighted by Gasteiger charge is -2.20. The highest BCUT2D eigenvalue weighted by atomic mass is 16.2. The van der Waals surface area contributed by atoms with Crippen molar-refractivity contribution in [1.82, 2.24) is 14.9 Å². The molecule has 1 N–H and O–H groups in total. The summed E-state index contributed by atoms with van der Waals surface area (Å²) in [6.45, 7) is 4.23. The monoisotopic (exact) mass is 271 g/mol. The molecule has 0 aromatic carbocycles. The lowest BCUT2D eigenvalue weighted by atomic mass is 9.91. The summed E-state index contributed by atoms with van der Waals surface area (Å²) in [6.07, 6.45) is 2.69. The number of carbonyl (C=O) groups excluding carboxylic acids is 2. The van der Waals surface area contributed by atoms with Crippen molar-refractivity contribution in [2.45, 2.75) is 38.5 Å². The summed E-state index contributed by atoms with van der Waals surface area (Å²) in [5.74, 6) is -0.336. The van der Waals surface area contributed by atoms with Crippen LogP contribution in [-0.4, -0.2) is 21.4 Å². The number of fused-ring (bicyclic) bond motifs is 1. The molecule has 0 radical (unpaired) electrons. The van der Waals surface area contributed by atoms with Crippen LogP contribution in [0.1, 0.15) is 49.8 Å². The molecule has 20 heavy (non-hydrogen) atoms. The molecule has 0 bridgehead atoms. The van der Waals surface area contributed by atoms with E-state index < -0.39 is 0 Å². The number of nitrogens with one attached hydrogen (secondary N) is 1. The second kappa shape index (κ2) is 4.74. The normalized spacial score (nSPS) is 19.6. The van der Waals surface area contributed by atoms with Crippen molar-refractivity contribution < 1.29 is 9.59 Å². The van der Waals surface area contributed by atoms with Crippen molar-refractivity contribution in [2.75, 3.05) is 0 Å².